The second kappa shape index (κ2) is 10.8. The minimum absolute atomic E-state index is 0.0105. The Hall–Kier alpha value is -3.70. The van der Waals surface area contributed by atoms with Crippen LogP contribution in [0.5, 0.6) is 0 Å². The molecule has 0 spiro atoms. The van der Waals surface area contributed by atoms with E-state index in [9.17, 15) is 18.3 Å². The predicted octanol–water partition coefficient (Wildman–Crippen LogP) is 4.86. The zero-order valence-electron chi connectivity index (χ0n) is 20.7. The summed E-state index contributed by atoms with van der Waals surface area (Å²) in [7, 11) is -4.10. The molecule has 2 heterocycles. The van der Waals surface area contributed by atoms with Gasteiger partial charge in [0, 0.05) is 17.4 Å². The largest absolute Gasteiger partial charge is 0.378 e. The van der Waals surface area contributed by atoms with Crippen molar-refractivity contribution in [1.82, 2.24) is 14.3 Å². The maximum atomic E-state index is 13.6. The first-order chi connectivity index (χ1) is 18.7. The van der Waals surface area contributed by atoms with Crippen molar-refractivity contribution in [3.8, 4) is 0 Å². The molecule has 2 aliphatic rings. The number of allylic oxidation sites excluding steroid dienone is 2. The third kappa shape index (κ3) is 5.28. The van der Waals surface area contributed by atoms with Crippen LogP contribution in [0.3, 0.4) is 0 Å². The molecule has 0 radical (unpaired) electrons. The van der Waals surface area contributed by atoms with Crippen molar-refractivity contribution in [2.24, 2.45) is 0 Å². The van der Waals surface area contributed by atoms with Crippen molar-refractivity contribution in [2.75, 3.05) is 4.72 Å². The van der Waals surface area contributed by atoms with Gasteiger partial charge in [0.25, 0.3) is 15.9 Å². The van der Waals surface area contributed by atoms with E-state index in [-0.39, 0.29) is 21.2 Å². The third-order valence-electron chi connectivity index (χ3n) is 6.47. The van der Waals surface area contributed by atoms with Crippen LogP contribution in [0.4, 0.5) is 5.69 Å². The molecule has 1 amide bonds. The van der Waals surface area contributed by atoms with Crippen LogP contribution < -0.4 is 14.8 Å². The van der Waals surface area contributed by atoms with Crippen molar-refractivity contribution in [1.29, 1.82) is 0 Å². The maximum absolute atomic E-state index is 13.6. The second-order valence-electron chi connectivity index (χ2n) is 8.93. The van der Waals surface area contributed by atoms with Crippen LogP contribution in [0.2, 0.25) is 5.02 Å². The topological polar surface area (TPSA) is 111 Å². The van der Waals surface area contributed by atoms with E-state index in [0.29, 0.717) is 16.8 Å². The van der Waals surface area contributed by atoms with Gasteiger partial charge in [0.1, 0.15) is 10.5 Å². The van der Waals surface area contributed by atoms with Crippen LogP contribution >= 0.6 is 23.7 Å². The number of sulfonamides is 1. The van der Waals surface area contributed by atoms with Crippen LogP contribution in [0, 0.1) is 0 Å². The number of amides is 1. The fourth-order valence-corrected chi connectivity index (χ4v) is 6.64. The molecule has 0 fully saturated rings. The molecule has 0 saturated carbocycles. The Morgan fingerprint density at radius 1 is 1.05 bits per heavy atom. The first kappa shape index (κ1) is 26.9. The van der Waals surface area contributed by atoms with Gasteiger partial charge in [-0.05, 0) is 48.4 Å². The Bertz CT molecular complexity index is 1550. The highest BCUT2D eigenvalue weighted by Crippen LogP contribution is 2.36. The van der Waals surface area contributed by atoms with Gasteiger partial charge in [0.05, 0.1) is 35.1 Å². The number of carbonyl (C=O) groups excluding carboxylic acids is 1. The van der Waals surface area contributed by atoms with E-state index >= 15 is 0 Å². The Labute approximate surface area is 236 Å². The number of anilines is 1. The van der Waals surface area contributed by atoms with Gasteiger partial charge in [-0.1, -0.05) is 72.3 Å². The van der Waals surface area contributed by atoms with Crippen molar-refractivity contribution in [3.63, 3.8) is 0 Å². The molecule has 3 aromatic carbocycles. The van der Waals surface area contributed by atoms with Gasteiger partial charge in [0.15, 0.2) is 0 Å². The number of hydrogen-bond donors (Lipinski definition) is 4. The molecule has 0 bridgehead atoms. The molecular weight excluding hydrogens is 556 g/mol. The zero-order valence-corrected chi connectivity index (χ0v) is 23.1. The summed E-state index contributed by atoms with van der Waals surface area (Å²) in [6.07, 6.45) is 6.41. The molecule has 2 aliphatic heterocycles. The van der Waals surface area contributed by atoms with E-state index < -0.39 is 27.6 Å². The molecule has 0 unspecified atom stereocenters. The molecule has 0 saturated heterocycles. The Morgan fingerprint density at radius 3 is 2.33 bits per heavy atom. The highest BCUT2D eigenvalue weighted by Gasteiger charge is 2.39. The van der Waals surface area contributed by atoms with Gasteiger partial charge in [-0.3, -0.25) is 13.8 Å². The Kier molecular flexibility index (Phi) is 7.46. The van der Waals surface area contributed by atoms with Crippen LogP contribution in [0.1, 0.15) is 28.4 Å². The lowest BCUT2D eigenvalue weighted by Gasteiger charge is -2.36. The van der Waals surface area contributed by atoms with E-state index in [4.69, 9.17) is 11.6 Å². The lowest BCUT2D eigenvalue weighted by Crippen LogP contribution is -2.49. The van der Waals surface area contributed by atoms with Gasteiger partial charge in [-0.25, -0.2) is 8.42 Å². The highest BCUT2D eigenvalue weighted by atomic mass is 35.5. The van der Waals surface area contributed by atoms with Gasteiger partial charge in [-0.15, -0.1) is 0 Å². The van der Waals surface area contributed by atoms with Gasteiger partial charge < -0.3 is 15.1 Å². The molecule has 200 valence electrons. The minimum Gasteiger partial charge on any atom is -0.378 e. The monoisotopic (exact) mass is 580 g/mol. The van der Waals surface area contributed by atoms with Crippen molar-refractivity contribution in [3.05, 3.63) is 136 Å². The molecular formula is C28H25ClN4O4S2. The molecule has 0 aromatic heterocycles. The van der Waals surface area contributed by atoms with Gasteiger partial charge in [0.2, 0.25) is 0 Å². The summed E-state index contributed by atoms with van der Waals surface area (Å²) in [6.45, 7) is 1.70. The molecule has 3 aromatic rings. The van der Waals surface area contributed by atoms with Crippen LogP contribution in [-0.2, 0) is 15.6 Å². The summed E-state index contributed by atoms with van der Waals surface area (Å²) in [5, 5.41) is 15.1. The molecule has 11 heteroatoms. The molecule has 5 rings (SSSR count). The number of nitrogens with zero attached hydrogens (tertiary/aromatic N) is 1. The van der Waals surface area contributed by atoms with E-state index in [0.717, 1.165) is 0 Å². The van der Waals surface area contributed by atoms with Crippen molar-refractivity contribution in [2.45, 2.75) is 18.6 Å². The lowest BCUT2D eigenvalue weighted by atomic mass is 9.80. The number of halogens is 1. The second-order valence-corrected chi connectivity index (χ2v) is 11.8. The van der Waals surface area contributed by atoms with Gasteiger partial charge in [-0.2, -0.15) is 0 Å². The summed E-state index contributed by atoms with van der Waals surface area (Å²) in [5.41, 5.74) is 0.143. The summed E-state index contributed by atoms with van der Waals surface area (Å²) in [4.78, 5) is 13.6. The molecule has 8 nitrogen and oxygen atoms in total. The number of hydrogen-bond acceptors (Lipinski definition) is 7. The molecule has 4 N–H and O–H groups in total. The fraction of sp³-hybridized carbons (Fsp3) is 0.107. The number of benzene rings is 3. The summed E-state index contributed by atoms with van der Waals surface area (Å²) in [5.74, 6) is -0.585. The molecule has 1 atom stereocenters. The minimum atomic E-state index is -4.10. The fourth-order valence-electron chi connectivity index (χ4n) is 4.49. The van der Waals surface area contributed by atoms with E-state index in [1.165, 1.54) is 36.4 Å². The Balaban J connectivity index is 1.46. The van der Waals surface area contributed by atoms with E-state index in [1.807, 2.05) is 36.4 Å². The van der Waals surface area contributed by atoms with Crippen LogP contribution in [0.15, 0.2) is 114 Å². The van der Waals surface area contributed by atoms with E-state index in [1.54, 1.807) is 54.0 Å². The average Bonchev–Trinajstić information content (AvgIpc) is 3.42. The number of nitrogens with one attached hydrogen (secondary N) is 3. The van der Waals surface area contributed by atoms with Crippen LogP contribution in [0.25, 0.3) is 0 Å². The lowest BCUT2D eigenvalue weighted by molar-refractivity contribution is 0.0405. The molecule has 39 heavy (non-hydrogen) atoms. The predicted molar refractivity (Wildman–Crippen MR) is 155 cm³/mol. The average molecular weight is 581 g/mol. The smallest absolute Gasteiger partial charge is 0.264 e. The maximum Gasteiger partial charge on any atom is 0.264 e. The quantitative estimate of drug-likeness (QED) is 0.282. The zero-order chi connectivity index (χ0) is 27.6. The first-order valence-corrected chi connectivity index (χ1v) is 14.6. The number of rotatable bonds is 8. The van der Waals surface area contributed by atoms with E-state index in [2.05, 4.69) is 14.8 Å². The number of fused-ring (bicyclic) bond motifs is 1. The first-order valence-electron chi connectivity index (χ1n) is 12.0. The highest BCUT2D eigenvalue weighted by molar-refractivity contribution is 7.97. The Morgan fingerprint density at radius 2 is 1.69 bits per heavy atom. The summed E-state index contributed by atoms with van der Waals surface area (Å²) < 4.78 is 33.9. The van der Waals surface area contributed by atoms with Crippen molar-refractivity contribution < 1.29 is 18.3 Å². The molecule has 0 aliphatic carbocycles. The number of aliphatic hydroxyl groups is 1. The van der Waals surface area contributed by atoms with Crippen LogP contribution in [-0.4, -0.2) is 29.8 Å². The normalized spacial score (nSPS) is 15.5. The summed E-state index contributed by atoms with van der Waals surface area (Å²) >= 11 is 7.43. The third-order valence-corrected chi connectivity index (χ3v) is 8.85. The van der Waals surface area contributed by atoms with Crippen molar-refractivity contribution >= 4 is 45.4 Å². The summed E-state index contributed by atoms with van der Waals surface area (Å²) in [6, 6.07) is 21.6. The van der Waals surface area contributed by atoms with Gasteiger partial charge >= 0.3 is 0 Å². The SMILES string of the molecule is C[C@H](NC(=O)c1ccc(Cl)cc1NS(=O)(=O)C1=CC=CN2SNC=C12)C(O)(c1ccccc1)c1ccccc1. The number of carbonyl (C=O) groups is 1. The standard InChI is InChI=1S/C28H25ClN4O4S2/c1-19(28(35,20-9-4-2-5-10-20)21-11-6-3-7-12-21)31-27(34)23-15-14-22(29)17-24(23)32-39(36,37)26-13-8-16-33-25(26)18-30-38-33/h2-19,30,32,35H,1H3,(H,31,34)/t19-/m0/s1.